The SMILES string of the molecule is CNC(=O)Cn1cc(-n2ccnc2-c2ccccc2)cn1. The second kappa shape index (κ2) is 5.62. The molecule has 0 aliphatic carbocycles. The Kier molecular flexibility index (Phi) is 3.51. The smallest absolute Gasteiger partial charge is 0.241 e. The van der Waals surface area contributed by atoms with Gasteiger partial charge in [0.1, 0.15) is 12.4 Å². The number of rotatable bonds is 4. The van der Waals surface area contributed by atoms with Gasteiger partial charge in [0, 0.05) is 31.2 Å². The van der Waals surface area contributed by atoms with Crippen LogP contribution in [0.15, 0.2) is 55.1 Å². The van der Waals surface area contributed by atoms with E-state index in [1.165, 1.54) is 0 Å². The van der Waals surface area contributed by atoms with Crippen LogP contribution >= 0.6 is 0 Å². The number of likely N-dealkylation sites (N-methyl/N-ethyl adjacent to an activating group) is 1. The minimum Gasteiger partial charge on any atom is -0.358 e. The van der Waals surface area contributed by atoms with E-state index < -0.39 is 0 Å². The van der Waals surface area contributed by atoms with E-state index in [4.69, 9.17) is 0 Å². The first-order valence-corrected chi connectivity index (χ1v) is 6.60. The zero-order valence-corrected chi connectivity index (χ0v) is 11.6. The molecule has 1 amide bonds. The number of aromatic nitrogens is 4. The van der Waals surface area contributed by atoms with Crippen molar-refractivity contribution < 1.29 is 4.79 Å². The van der Waals surface area contributed by atoms with E-state index in [1.54, 1.807) is 24.1 Å². The molecule has 0 radical (unpaired) electrons. The van der Waals surface area contributed by atoms with E-state index in [-0.39, 0.29) is 12.5 Å². The lowest BCUT2D eigenvalue weighted by Gasteiger charge is -2.05. The molecule has 2 aromatic heterocycles. The first kappa shape index (κ1) is 13.1. The summed E-state index contributed by atoms with van der Waals surface area (Å²) in [6.45, 7) is 0.200. The highest BCUT2D eigenvalue weighted by Gasteiger charge is 2.10. The van der Waals surface area contributed by atoms with Gasteiger partial charge in [-0.1, -0.05) is 30.3 Å². The third-order valence-electron chi connectivity index (χ3n) is 3.15. The van der Waals surface area contributed by atoms with Crippen LogP contribution < -0.4 is 5.32 Å². The number of nitrogens with one attached hydrogen (secondary N) is 1. The van der Waals surface area contributed by atoms with E-state index in [0.717, 1.165) is 17.1 Å². The highest BCUT2D eigenvalue weighted by Crippen LogP contribution is 2.20. The molecule has 6 heteroatoms. The number of amides is 1. The van der Waals surface area contributed by atoms with E-state index in [0.29, 0.717) is 0 Å². The summed E-state index contributed by atoms with van der Waals surface area (Å²) >= 11 is 0. The van der Waals surface area contributed by atoms with Crippen LogP contribution in [-0.4, -0.2) is 32.3 Å². The van der Waals surface area contributed by atoms with Gasteiger partial charge < -0.3 is 5.32 Å². The fourth-order valence-electron chi connectivity index (χ4n) is 2.10. The van der Waals surface area contributed by atoms with Gasteiger partial charge in [0.15, 0.2) is 0 Å². The van der Waals surface area contributed by atoms with Crippen molar-refractivity contribution in [2.45, 2.75) is 6.54 Å². The average Bonchev–Trinajstić information content (AvgIpc) is 3.16. The molecule has 3 aromatic rings. The summed E-state index contributed by atoms with van der Waals surface area (Å²) in [7, 11) is 1.61. The molecule has 0 bridgehead atoms. The van der Waals surface area contributed by atoms with Crippen molar-refractivity contribution in [3.63, 3.8) is 0 Å². The number of hydrogen-bond acceptors (Lipinski definition) is 3. The number of carbonyl (C=O) groups excluding carboxylic acids is 1. The summed E-state index contributed by atoms with van der Waals surface area (Å²) in [4.78, 5) is 15.8. The van der Waals surface area contributed by atoms with Crippen molar-refractivity contribution in [3.05, 3.63) is 55.1 Å². The van der Waals surface area contributed by atoms with Gasteiger partial charge >= 0.3 is 0 Å². The minimum atomic E-state index is -0.0847. The van der Waals surface area contributed by atoms with Crippen molar-refractivity contribution >= 4 is 5.91 Å². The topological polar surface area (TPSA) is 64.7 Å². The van der Waals surface area contributed by atoms with Gasteiger partial charge in [0.05, 0.1) is 11.9 Å². The number of benzene rings is 1. The largest absolute Gasteiger partial charge is 0.358 e. The van der Waals surface area contributed by atoms with Crippen LogP contribution in [0.4, 0.5) is 0 Å². The Labute approximate surface area is 122 Å². The molecule has 106 valence electrons. The first-order chi connectivity index (χ1) is 10.3. The molecule has 0 aliphatic rings. The van der Waals surface area contributed by atoms with Gasteiger partial charge in [-0.3, -0.25) is 14.0 Å². The molecule has 0 fully saturated rings. The average molecular weight is 281 g/mol. The van der Waals surface area contributed by atoms with Gasteiger partial charge in [-0.05, 0) is 0 Å². The Morgan fingerprint density at radius 2 is 2.10 bits per heavy atom. The van der Waals surface area contributed by atoms with Gasteiger partial charge in [0.25, 0.3) is 0 Å². The van der Waals surface area contributed by atoms with Gasteiger partial charge in [-0.2, -0.15) is 5.10 Å². The minimum absolute atomic E-state index is 0.0847. The standard InChI is InChI=1S/C15H15N5O/c1-16-14(21)11-19-10-13(9-18-19)20-8-7-17-15(20)12-5-3-2-4-6-12/h2-10H,11H2,1H3,(H,16,21). The molecule has 21 heavy (non-hydrogen) atoms. The zero-order valence-electron chi connectivity index (χ0n) is 11.6. The van der Waals surface area contributed by atoms with Gasteiger partial charge in [-0.25, -0.2) is 4.98 Å². The lowest BCUT2D eigenvalue weighted by Crippen LogP contribution is -2.23. The molecule has 0 spiro atoms. The maximum Gasteiger partial charge on any atom is 0.241 e. The van der Waals surface area contributed by atoms with Crippen molar-refractivity contribution in [1.29, 1.82) is 0 Å². The molecule has 0 saturated heterocycles. The Morgan fingerprint density at radius 1 is 1.29 bits per heavy atom. The van der Waals surface area contributed by atoms with Gasteiger partial charge in [0.2, 0.25) is 5.91 Å². The number of hydrogen-bond donors (Lipinski definition) is 1. The monoisotopic (exact) mass is 281 g/mol. The predicted molar refractivity (Wildman–Crippen MR) is 78.9 cm³/mol. The lowest BCUT2D eigenvalue weighted by molar-refractivity contribution is -0.121. The highest BCUT2D eigenvalue weighted by atomic mass is 16.1. The van der Waals surface area contributed by atoms with Crippen LogP contribution in [0.25, 0.3) is 17.1 Å². The molecular weight excluding hydrogens is 266 g/mol. The maximum atomic E-state index is 11.4. The summed E-state index contributed by atoms with van der Waals surface area (Å²) in [5, 5.41) is 6.78. The van der Waals surface area contributed by atoms with Crippen molar-refractivity contribution in [3.8, 4) is 17.1 Å². The molecular formula is C15H15N5O. The molecule has 3 rings (SSSR count). The van der Waals surface area contributed by atoms with E-state index in [9.17, 15) is 4.79 Å². The first-order valence-electron chi connectivity index (χ1n) is 6.60. The van der Waals surface area contributed by atoms with Crippen molar-refractivity contribution in [2.24, 2.45) is 0 Å². The fraction of sp³-hybridized carbons (Fsp3) is 0.133. The summed E-state index contributed by atoms with van der Waals surface area (Å²) in [5.41, 5.74) is 1.90. The second-order valence-corrected chi connectivity index (χ2v) is 4.56. The molecule has 0 saturated carbocycles. The Bertz CT molecular complexity index is 744. The zero-order chi connectivity index (χ0) is 14.7. The molecule has 2 heterocycles. The van der Waals surface area contributed by atoms with Crippen LogP contribution in [0.5, 0.6) is 0 Å². The van der Waals surface area contributed by atoms with Crippen LogP contribution in [0, 0.1) is 0 Å². The maximum absolute atomic E-state index is 11.4. The number of imidazole rings is 1. The Morgan fingerprint density at radius 3 is 2.86 bits per heavy atom. The van der Waals surface area contributed by atoms with Crippen LogP contribution in [0.3, 0.4) is 0 Å². The van der Waals surface area contributed by atoms with E-state index in [2.05, 4.69) is 15.4 Å². The molecule has 1 aromatic carbocycles. The molecule has 0 aliphatic heterocycles. The predicted octanol–water partition coefficient (Wildman–Crippen LogP) is 1.48. The molecule has 6 nitrogen and oxygen atoms in total. The normalized spacial score (nSPS) is 10.5. The highest BCUT2D eigenvalue weighted by molar-refractivity contribution is 5.75. The molecule has 0 atom stereocenters. The second-order valence-electron chi connectivity index (χ2n) is 4.56. The molecule has 1 N–H and O–H groups in total. The van der Waals surface area contributed by atoms with Crippen molar-refractivity contribution in [1.82, 2.24) is 24.6 Å². The van der Waals surface area contributed by atoms with Crippen LogP contribution in [0.2, 0.25) is 0 Å². The van der Waals surface area contributed by atoms with Crippen LogP contribution in [0.1, 0.15) is 0 Å². The van der Waals surface area contributed by atoms with Crippen LogP contribution in [-0.2, 0) is 11.3 Å². The quantitative estimate of drug-likeness (QED) is 0.788. The summed E-state index contributed by atoms with van der Waals surface area (Å²) in [5.74, 6) is 0.758. The van der Waals surface area contributed by atoms with Crippen molar-refractivity contribution in [2.75, 3.05) is 7.05 Å². The third kappa shape index (κ3) is 2.69. The molecule has 0 unspecified atom stereocenters. The summed E-state index contributed by atoms with van der Waals surface area (Å²) < 4.78 is 3.55. The van der Waals surface area contributed by atoms with E-state index >= 15 is 0 Å². The fourth-order valence-corrected chi connectivity index (χ4v) is 2.10. The number of nitrogens with zero attached hydrogens (tertiary/aromatic N) is 4. The Hall–Kier alpha value is -2.89. The lowest BCUT2D eigenvalue weighted by atomic mass is 10.2. The Balaban J connectivity index is 1.92. The third-order valence-corrected chi connectivity index (χ3v) is 3.15. The summed E-state index contributed by atoms with van der Waals surface area (Å²) in [6.07, 6.45) is 7.17. The van der Waals surface area contributed by atoms with Gasteiger partial charge in [-0.15, -0.1) is 0 Å². The number of carbonyl (C=O) groups is 1. The van der Waals surface area contributed by atoms with E-state index in [1.807, 2.05) is 47.3 Å². The summed E-state index contributed by atoms with van der Waals surface area (Å²) in [6, 6.07) is 9.94.